The molecule has 0 rings (SSSR count). The molecule has 1 unspecified atom stereocenters. The molecule has 0 saturated carbocycles. The summed E-state index contributed by atoms with van der Waals surface area (Å²) in [5.74, 6) is -2.84. The third kappa shape index (κ3) is 43.4. The molecule has 128 valence electrons. The summed E-state index contributed by atoms with van der Waals surface area (Å²) in [6, 6.07) is 0. The van der Waals surface area contributed by atoms with E-state index in [1.165, 1.54) is 0 Å². The van der Waals surface area contributed by atoms with Crippen LogP contribution in [0.15, 0.2) is 0 Å². The molecule has 0 N–H and O–H groups in total. The third-order valence-electron chi connectivity index (χ3n) is 0.817. The largest absolute Gasteiger partial charge is 0.411 e. The van der Waals surface area contributed by atoms with E-state index in [9.17, 15) is 44.0 Å². The van der Waals surface area contributed by atoms with Gasteiger partial charge in [0.1, 0.15) is 13.3 Å². The van der Waals surface area contributed by atoms with Crippen molar-refractivity contribution in [2.45, 2.75) is 19.0 Å². The van der Waals surface area contributed by atoms with Gasteiger partial charge in [-0.05, 0) is 11.4 Å². The Balaban J connectivity index is -0.000000118. The van der Waals surface area contributed by atoms with Gasteiger partial charge in [-0.15, -0.1) is 0 Å². The average molecular weight is 332 g/mol. The summed E-state index contributed by atoms with van der Waals surface area (Å²) in [7, 11) is 0.500. The maximum absolute atomic E-state index is 12.3. The minimum absolute atomic E-state index is 0.500. The lowest BCUT2D eigenvalue weighted by Crippen LogP contribution is -2.31. The topological polar surface area (TPSA) is 18.5 Å². The van der Waals surface area contributed by atoms with E-state index in [-0.39, 0.29) is 0 Å². The summed E-state index contributed by atoms with van der Waals surface area (Å²) in [5.41, 5.74) is 0. The number of ether oxygens (including phenoxy) is 1. The second-order valence-electron chi connectivity index (χ2n) is 2.46. The molecule has 0 aromatic carbocycles. The minimum Gasteiger partial charge on any atom is -0.334 e. The predicted molar refractivity (Wildman–Crippen MR) is 49.8 cm³/mol. The molecule has 12 heteroatoms. The van der Waals surface area contributed by atoms with Crippen LogP contribution in [0.1, 0.15) is 6.92 Å². The summed E-state index contributed by atoms with van der Waals surface area (Å²) in [6.07, 6.45) is -4.62. The van der Waals surface area contributed by atoms with Crippen molar-refractivity contribution in [2.24, 2.45) is 0 Å². The van der Waals surface area contributed by atoms with Gasteiger partial charge in [0.05, 0.1) is 7.18 Å². The predicted octanol–water partition coefficient (Wildman–Crippen LogP) is 4.50. The van der Waals surface area contributed by atoms with Crippen molar-refractivity contribution in [2.75, 3.05) is 34.2 Å². The molecule has 0 fully saturated rings. The lowest BCUT2D eigenvalue weighted by Gasteiger charge is -2.17. The number of hydrogen-bond donors (Lipinski definition) is 0. The van der Waals surface area contributed by atoms with Gasteiger partial charge in [-0.2, -0.15) is 18.1 Å². The quantitative estimate of drug-likeness (QED) is 0.706. The lowest BCUT2D eigenvalue weighted by molar-refractivity contribution is -0.235. The molecule has 0 aromatic heterocycles. The normalized spacial score (nSPS) is 12.6. The highest BCUT2D eigenvalue weighted by Crippen LogP contribution is 2.20. The van der Waals surface area contributed by atoms with Crippen LogP contribution in [0.4, 0.5) is 44.0 Å². The Bertz CT molecular complexity index is 162. The molecule has 0 radical (unpaired) electrons. The van der Waals surface area contributed by atoms with Crippen LogP contribution < -0.4 is 0 Å². The van der Waals surface area contributed by atoms with Gasteiger partial charge < -0.3 is 4.74 Å². The smallest absolute Gasteiger partial charge is 0.334 e. The van der Waals surface area contributed by atoms with Crippen molar-refractivity contribution in [1.29, 1.82) is 0 Å². The molecule has 0 saturated heterocycles. The van der Waals surface area contributed by atoms with Crippen molar-refractivity contribution in [3.05, 3.63) is 0 Å². The average Bonchev–Trinajstić information content (AvgIpc) is 2.39. The molecule has 2 nitrogen and oxygen atoms in total. The molecule has 0 bridgehead atoms. The second kappa shape index (κ2) is 18.2. The molecule has 0 aliphatic rings. The second-order valence-corrected chi connectivity index (χ2v) is 2.46. The summed E-state index contributed by atoms with van der Waals surface area (Å²) < 4.78 is 110. The van der Waals surface area contributed by atoms with E-state index in [4.69, 9.17) is 0 Å². The Morgan fingerprint density at radius 3 is 1.35 bits per heavy atom. The molecule has 1 atom stereocenters. The maximum atomic E-state index is 12.3. The maximum Gasteiger partial charge on any atom is 0.411 e. The van der Waals surface area contributed by atoms with Crippen LogP contribution in [0.25, 0.3) is 0 Å². The molecule has 0 aliphatic heterocycles. The SMILES string of the molecule is CC(F)(CF)OCC(F)(F)F.CF.FCF.FCOF. The van der Waals surface area contributed by atoms with E-state index in [0.717, 1.165) is 0 Å². The van der Waals surface area contributed by atoms with Gasteiger partial charge in [-0.25, -0.2) is 22.0 Å². The fraction of sp³-hybridized carbons (Fsp3) is 1.00. The highest BCUT2D eigenvalue weighted by atomic mass is 19.4. The van der Waals surface area contributed by atoms with Gasteiger partial charge in [0.2, 0.25) is 19.6 Å². The zero-order valence-electron chi connectivity index (χ0n) is 10.4. The van der Waals surface area contributed by atoms with Crippen molar-refractivity contribution in [1.82, 2.24) is 0 Å². The third-order valence-corrected chi connectivity index (χ3v) is 0.817. The van der Waals surface area contributed by atoms with Gasteiger partial charge >= 0.3 is 6.18 Å². The van der Waals surface area contributed by atoms with Crippen LogP contribution in [0.5, 0.6) is 0 Å². The van der Waals surface area contributed by atoms with E-state index in [2.05, 4.69) is 9.68 Å². The highest BCUT2D eigenvalue weighted by Gasteiger charge is 2.34. The fourth-order valence-corrected chi connectivity index (χ4v) is 0.271. The zero-order chi connectivity index (χ0) is 17.2. The Morgan fingerprint density at radius 2 is 1.20 bits per heavy atom. The van der Waals surface area contributed by atoms with Gasteiger partial charge in [0.25, 0.3) is 0 Å². The Hall–Kier alpha value is -0.780. The molecule has 0 spiro atoms. The number of rotatable bonds is 4. The summed E-state index contributed by atoms with van der Waals surface area (Å²) in [4.78, 5) is 2.38. The standard InChI is InChI=1S/C5H7F5O.CH2F2O.CH2F2.CH3F/c1-4(7,2-6)11-3-5(8,9)10;2-1-4-3;2-1-3;1-2/h2-3H2,1H3;1H2;1H2;1H3. The van der Waals surface area contributed by atoms with Crippen LogP contribution in [0.2, 0.25) is 0 Å². The van der Waals surface area contributed by atoms with Crippen LogP contribution in [0, 0.1) is 0 Å². The molecule has 0 aliphatic carbocycles. The van der Waals surface area contributed by atoms with E-state index in [1.807, 2.05) is 0 Å². The summed E-state index contributed by atoms with van der Waals surface area (Å²) in [5, 5.41) is 0. The molecule has 20 heavy (non-hydrogen) atoms. The van der Waals surface area contributed by atoms with Gasteiger partial charge in [-0.1, -0.05) is 0 Å². The number of alkyl halides is 9. The van der Waals surface area contributed by atoms with Gasteiger partial charge in [0.15, 0.2) is 0 Å². The molecular formula is C8H14F10O2. The van der Waals surface area contributed by atoms with E-state index < -0.39 is 39.1 Å². The zero-order valence-corrected chi connectivity index (χ0v) is 10.4. The van der Waals surface area contributed by atoms with Crippen LogP contribution >= 0.6 is 0 Å². The molecule has 0 aromatic rings. The van der Waals surface area contributed by atoms with E-state index in [1.54, 1.807) is 0 Å². The minimum atomic E-state index is -4.62. The van der Waals surface area contributed by atoms with Crippen LogP contribution in [0.3, 0.4) is 0 Å². The first-order chi connectivity index (χ1) is 9.10. The summed E-state index contributed by atoms with van der Waals surface area (Å²) >= 11 is 0. The summed E-state index contributed by atoms with van der Waals surface area (Å²) in [6.45, 7) is -5.87. The van der Waals surface area contributed by atoms with Crippen molar-refractivity contribution >= 4 is 0 Å². The van der Waals surface area contributed by atoms with Crippen molar-refractivity contribution < 1.29 is 53.7 Å². The Morgan fingerprint density at radius 1 is 0.900 bits per heavy atom. The lowest BCUT2D eigenvalue weighted by atomic mass is 10.4. The van der Waals surface area contributed by atoms with Gasteiger partial charge in [0, 0.05) is 0 Å². The fourth-order valence-electron chi connectivity index (χ4n) is 0.271. The Kier molecular flexibility index (Phi) is 25.1. The van der Waals surface area contributed by atoms with Crippen LogP contribution in [-0.4, -0.2) is 46.3 Å². The first kappa shape index (κ1) is 27.5. The first-order valence-electron chi connectivity index (χ1n) is 4.35. The number of hydrogen-bond acceptors (Lipinski definition) is 2. The number of halogens is 10. The van der Waals surface area contributed by atoms with Crippen LogP contribution in [-0.2, 0) is 9.68 Å². The monoisotopic (exact) mass is 332 g/mol. The van der Waals surface area contributed by atoms with Crippen molar-refractivity contribution in [3.63, 3.8) is 0 Å². The van der Waals surface area contributed by atoms with E-state index in [0.29, 0.717) is 14.1 Å². The molecule has 0 heterocycles. The molecule has 0 amide bonds. The molecular weight excluding hydrogens is 318 g/mol. The Labute approximate surface area is 108 Å². The van der Waals surface area contributed by atoms with Crippen molar-refractivity contribution in [3.8, 4) is 0 Å². The highest BCUT2D eigenvalue weighted by molar-refractivity contribution is 4.59. The first-order valence-corrected chi connectivity index (χ1v) is 4.35. The van der Waals surface area contributed by atoms with E-state index >= 15 is 0 Å². The van der Waals surface area contributed by atoms with Gasteiger partial charge in [-0.3, -0.25) is 4.39 Å².